The molecule has 1 unspecified atom stereocenters. The Labute approximate surface area is 418 Å². The number of imide groups is 1. The molecule has 0 spiro atoms. The monoisotopic (exact) mass is 1010 g/mol. The highest BCUT2D eigenvalue weighted by Crippen LogP contribution is 2.53. The maximum absolute atomic E-state index is 15.2. The fourth-order valence-electron chi connectivity index (χ4n) is 9.52. The lowest BCUT2D eigenvalue weighted by atomic mass is 9.66. The number of imidazole rings is 1. The molecule has 17 heteroatoms. The molecule has 3 heterocycles. The number of hydrogen-bond acceptors (Lipinski definition) is 8. The van der Waals surface area contributed by atoms with Gasteiger partial charge < -0.3 is 15.5 Å². The van der Waals surface area contributed by atoms with Gasteiger partial charge in [-0.2, -0.15) is 0 Å². The lowest BCUT2D eigenvalue weighted by molar-refractivity contribution is -0.157. The van der Waals surface area contributed by atoms with Crippen LogP contribution < -0.4 is 21.6 Å². The number of sulfone groups is 1. The van der Waals surface area contributed by atoms with Crippen LogP contribution in [0.25, 0.3) is 11.0 Å². The summed E-state index contributed by atoms with van der Waals surface area (Å²) < 4.78 is 30.1. The molecule has 7 rings (SSSR count). The van der Waals surface area contributed by atoms with Gasteiger partial charge in [-0.05, 0) is 117 Å². The van der Waals surface area contributed by atoms with Gasteiger partial charge >= 0.3 is 5.69 Å². The largest absolute Gasteiger partial charge is 0.352 e. The van der Waals surface area contributed by atoms with Gasteiger partial charge in [-0.1, -0.05) is 80.1 Å². The maximum atomic E-state index is 15.2. The average molecular weight is 1010 g/mol. The molecule has 0 radical (unpaired) electrons. The van der Waals surface area contributed by atoms with E-state index in [-0.39, 0.29) is 66.7 Å². The standard InChI is InChI=1S/C53H58Cl2N6O8S/c1-32(2)45(31-70(68,69)33(3)4)61-48(35-15-19-38(54)20-16-35)41(37-12-10-13-39(55)28-37)29-53(5,51(61)66)30-47(63)57-40-21-17-36(18-22-40)49(64)56-26-9-7-8-11-34-14-23-42-44(27-34)59(6)52(67)60(42)43-24-25-46(62)58-50(43)65/h10,12-23,27-28,32-33,41,43,45,48H,7,9,24-26,29-31H2,1-6H3,(H,56,64)(H,57,63)(H,58,62,65)/t41-,43?,45-,48-,53-/m1/s1. The molecule has 368 valence electrons. The number of nitrogens with zero attached hydrogens (tertiary/aromatic N) is 3. The van der Waals surface area contributed by atoms with Gasteiger partial charge in [0, 0.05) is 71.7 Å². The Morgan fingerprint density at radius 1 is 0.886 bits per heavy atom. The number of carbonyl (C=O) groups is 5. The van der Waals surface area contributed by atoms with Crippen LogP contribution in [-0.2, 0) is 36.1 Å². The van der Waals surface area contributed by atoms with Crippen molar-refractivity contribution < 1.29 is 32.4 Å². The smallest absolute Gasteiger partial charge is 0.329 e. The quantitative estimate of drug-likeness (QED) is 0.0533. The molecule has 0 aliphatic carbocycles. The number of benzene rings is 4. The first-order valence-electron chi connectivity index (χ1n) is 23.4. The zero-order chi connectivity index (χ0) is 50.7. The second-order valence-electron chi connectivity index (χ2n) is 19.2. The molecule has 1 aromatic heterocycles. The van der Waals surface area contributed by atoms with Gasteiger partial charge in [-0.3, -0.25) is 38.4 Å². The van der Waals surface area contributed by atoms with Crippen LogP contribution in [0.15, 0.2) is 95.8 Å². The van der Waals surface area contributed by atoms with Gasteiger partial charge in [-0.25, -0.2) is 13.2 Å². The molecule has 5 amide bonds. The van der Waals surface area contributed by atoms with Crippen molar-refractivity contribution in [2.75, 3.05) is 17.6 Å². The summed E-state index contributed by atoms with van der Waals surface area (Å²) in [5.41, 5.74) is 2.68. The van der Waals surface area contributed by atoms with Crippen LogP contribution in [-0.4, -0.2) is 75.6 Å². The van der Waals surface area contributed by atoms with Gasteiger partial charge in [0.05, 0.1) is 33.5 Å². The lowest BCUT2D eigenvalue weighted by Crippen LogP contribution is -2.59. The Bertz CT molecular complexity index is 3060. The van der Waals surface area contributed by atoms with Crippen molar-refractivity contribution in [3.8, 4) is 11.8 Å². The van der Waals surface area contributed by atoms with E-state index in [0.717, 1.165) is 11.1 Å². The maximum Gasteiger partial charge on any atom is 0.329 e. The molecule has 14 nitrogen and oxygen atoms in total. The molecule has 3 N–H and O–H groups in total. The molecule has 0 saturated carbocycles. The number of carbonyl (C=O) groups excluding carboxylic acids is 5. The highest BCUT2D eigenvalue weighted by molar-refractivity contribution is 7.92. The topological polar surface area (TPSA) is 186 Å². The average Bonchev–Trinajstić information content (AvgIpc) is 3.55. The molecule has 2 saturated heterocycles. The fourth-order valence-corrected chi connectivity index (χ4v) is 11.2. The number of unbranched alkanes of at least 4 members (excludes halogenated alkanes) is 1. The molecular formula is C53H58Cl2N6O8S. The van der Waals surface area contributed by atoms with Gasteiger partial charge in [-0.15, -0.1) is 0 Å². The van der Waals surface area contributed by atoms with Crippen LogP contribution in [0.3, 0.4) is 0 Å². The number of hydrogen-bond donors (Lipinski definition) is 3. The predicted molar refractivity (Wildman–Crippen MR) is 272 cm³/mol. The molecule has 2 aliphatic rings. The molecule has 4 aromatic carbocycles. The normalized spacial score (nSPS) is 20.0. The third-order valence-electron chi connectivity index (χ3n) is 13.4. The highest BCUT2D eigenvalue weighted by Gasteiger charge is 2.53. The van der Waals surface area contributed by atoms with Crippen LogP contribution in [0, 0.1) is 23.2 Å². The number of fused-ring (bicyclic) bond motifs is 1. The summed E-state index contributed by atoms with van der Waals surface area (Å²) in [5.74, 6) is 3.40. The first kappa shape index (κ1) is 51.6. The first-order valence-corrected chi connectivity index (χ1v) is 25.9. The van der Waals surface area contributed by atoms with Gasteiger partial charge in [0.15, 0.2) is 9.84 Å². The third kappa shape index (κ3) is 11.4. The Hall–Kier alpha value is -6.21. The molecule has 0 bridgehead atoms. The van der Waals surface area contributed by atoms with Gasteiger partial charge in [0.2, 0.25) is 23.6 Å². The van der Waals surface area contributed by atoms with E-state index in [4.69, 9.17) is 23.2 Å². The number of aryl methyl sites for hydroxylation is 1. The summed E-state index contributed by atoms with van der Waals surface area (Å²) in [6.45, 7) is 9.20. The lowest BCUT2D eigenvalue weighted by Gasteiger charge is -2.53. The van der Waals surface area contributed by atoms with Crippen molar-refractivity contribution in [3.05, 3.63) is 134 Å². The van der Waals surface area contributed by atoms with Gasteiger partial charge in [0.25, 0.3) is 5.91 Å². The van der Waals surface area contributed by atoms with Crippen LogP contribution in [0.2, 0.25) is 10.0 Å². The van der Waals surface area contributed by atoms with Crippen molar-refractivity contribution in [3.63, 3.8) is 0 Å². The number of nitrogens with one attached hydrogen (secondary N) is 3. The summed E-state index contributed by atoms with van der Waals surface area (Å²) in [6, 6.07) is 24.3. The van der Waals surface area contributed by atoms with E-state index in [0.29, 0.717) is 57.3 Å². The number of likely N-dealkylation sites (tertiary alicyclic amines) is 1. The van der Waals surface area contributed by atoms with Crippen LogP contribution in [0.1, 0.15) is 118 Å². The third-order valence-corrected chi connectivity index (χ3v) is 16.2. The van der Waals surface area contributed by atoms with Crippen molar-refractivity contribution in [1.82, 2.24) is 24.7 Å². The Kier molecular flexibility index (Phi) is 15.8. The number of rotatable bonds is 15. The summed E-state index contributed by atoms with van der Waals surface area (Å²) in [6.07, 6.45) is 1.51. The van der Waals surface area contributed by atoms with Crippen molar-refractivity contribution in [2.24, 2.45) is 18.4 Å². The number of halogens is 2. The van der Waals surface area contributed by atoms with E-state index in [2.05, 4.69) is 27.8 Å². The zero-order valence-corrected chi connectivity index (χ0v) is 42.4. The van der Waals surface area contributed by atoms with Crippen LogP contribution in [0.5, 0.6) is 0 Å². The second-order valence-corrected chi connectivity index (χ2v) is 22.6. The first-order chi connectivity index (χ1) is 33.2. The second kappa shape index (κ2) is 21.4. The van der Waals surface area contributed by atoms with E-state index >= 15 is 4.79 Å². The highest BCUT2D eigenvalue weighted by atomic mass is 35.5. The summed E-state index contributed by atoms with van der Waals surface area (Å²) in [5, 5.41) is 8.47. The van der Waals surface area contributed by atoms with E-state index in [1.165, 1.54) is 9.13 Å². The van der Waals surface area contributed by atoms with E-state index in [9.17, 15) is 32.4 Å². The van der Waals surface area contributed by atoms with Gasteiger partial charge in [0.1, 0.15) is 6.04 Å². The fraction of sp³-hybridized carbons (Fsp3) is 0.396. The van der Waals surface area contributed by atoms with E-state index in [1.807, 2.05) is 44.2 Å². The molecule has 70 heavy (non-hydrogen) atoms. The van der Waals surface area contributed by atoms with E-state index in [1.54, 1.807) is 93.4 Å². The minimum atomic E-state index is -3.63. The summed E-state index contributed by atoms with van der Waals surface area (Å²) >= 11 is 12.9. The summed E-state index contributed by atoms with van der Waals surface area (Å²) in [4.78, 5) is 81.3. The SMILES string of the molecule is CC(C)[C@@H](CS(=O)(=O)C(C)C)N1C(=O)[C@@](C)(CC(=O)Nc2ccc(C(=O)NCCCC#Cc3ccc4c(c3)n(C)c(=O)n4C3CCC(=O)NC3=O)cc2)C[C@H](c2cccc(Cl)c2)[C@H]1c1ccc(Cl)cc1. The molecular weight excluding hydrogens is 952 g/mol. The Morgan fingerprint density at radius 2 is 1.60 bits per heavy atom. The minimum absolute atomic E-state index is 0.154. The number of aromatic nitrogens is 2. The minimum Gasteiger partial charge on any atom is -0.352 e. The summed E-state index contributed by atoms with van der Waals surface area (Å²) in [7, 11) is -2.01. The number of amides is 5. The molecule has 2 fully saturated rings. The number of piperidine rings is 2. The zero-order valence-electron chi connectivity index (χ0n) is 40.1. The molecule has 2 aliphatic heterocycles. The van der Waals surface area contributed by atoms with Crippen molar-refractivity contribution in [2.45, 2.75) is 102 Å². The van der Waals surface area contributed by atoms with Crippen molar-refractivity contribution >= 4 is 79.3 Å². The molecule has 5 aromatic rings. The predicted octanol–water partition coefficient (Wildman–Crippen LogP) is 8.13. The van der Waals surface area contributed by atoms with Crippen LogP contribution >= 0.6 is 23.2 Å². The Balaban J connectivity index is 1.00. The Morgan fingerprint density at radius 3 is 2.26 bits per heavy atom. The van der Waals surface area contributed by atoms with Crippen LogP contribution in [0.4, 0.5) is 5.69 Å². The van der Waals surface area contributed by atoms with Crippen molar-refractivity contribution in [1.29, 1.82) is 0 Å². The number of anilines is 1. The van der Waals surface area contributed by atoms with E-state index < -0.39 is 50.4 Å². The molecule has 5 atom stereocenters.